The number of aromatic nitrogens is 3. The molecular weight excluding hydrogens is 354 g/mol. The van der Waals surface area contributed by atoms with Crippen LogP contribution in [0, 0.1) is 6.92 Å². The van der Waals surface area contributed by atoms with Gasteiger partial charge in [-0.15, -0.1) is 0 Å². The highest BCUT2D eigenvalue weighted by Crippen LogP contribution is 2.16. The van der Waals surface area contributed by atoms with E-state index in [9.17, 15) is 4.79 Å². The maximum absolute atomic E-state index is 11.2. The zero-order chi connectivity index (χ0) is 18.4. The van der Waals surface area contributed by atoms with Crippen LogP contribution in [-0.4, -0.2) is 21.4 Å². The van der Waals surface area contributed by atoms with Gasteiger partial charge in [0.25, 0.3) is 0 Å². The van der Waals surface area contributed by atoms with E-state index in [1.165, 1.54) is 0 Å². The number of nitrogens with one attached hydrogen (secondary N) is 2. The molecule has 1 heterocycles. The molecule has 0 saturated heterocycles. The molecule has 0 aliphatic carbocycles. The third kappa shape index (κ3) is 4.90. The second kappa shape index (κ2) is 8.26. The predicted molar refractivity (Wildman–Crippen MR) is 101 cm³/mol. The molecule has 8 heteroatoms. The van der Waals surface area contributed by atoms with Crippen LogP contribution in [0.3, 0.4) is 0 Å². The fraction of sp³-hybridized carbons (Fsp3) is 0.111. The summed E-state index contributed by atoms with van der Waals surface area (Å²) in [6.45, 7) is 2.16. The number of rotatable bonds is 6. The Morgan fingerprint density at radius 1 is 1.27 bits per heavy atom. The molecule has 0 radical (unpaired) electrons. The number of hydrogen-bond donors (Lipinski definition) is 2. The van der Waals surface area contributed by atoms with Crippen LogP contribution in [0.15, 0.2) is 58.4 Å². The van der Waals surface area contributed by atoms with Gasteiger partial charge in [-0.05, 0) is 42.3 Å². The summed E-state index contributed by atoms with van der Waals surface area (Å²) in [7, 11) is 0. The number of anilines is 1. The molecule has 132 valence electrons. The average molecular weight is 370 g/mol. The smallest absolute Gasteiger partial charge is 0.363 e. The Bertz CT molecular complexity index is 970. The lowest BCUT2D eigenvalue weighted by molar-refractivity contribution is 0.306. The van der Waals surface area contributed by atoms with E-state index in [2.05, 4.69) is 25.7 Å². The maximum Gasteiger partial charge on any atom is 0.363 e. The largest absolute Gasteiger partial charge is 0.489 e. The molecule has 0 spiro atoms. The minimum absolute atomic E-state index is 0.306. The summed E-state index contributed by atoms with van der Waals surface area (Å²) in [5.74, 6) is 1.02. The maximum atomic E-state index is 11.2. The normalized spacial score (nSPS) is 10.8. The van der Waals surface area contributed by atoms with Crippen LogP contribution >= 0.6 is 11.6 Å². The van der Waals surface area contributed by atoms with Crippen LogP contribution in [-0.2, 0) is 6.61 Å². The SMILES string of the molecule is Cc1n[nH]c(=O)nc1N/N=C\c1cccc(OCc2ccc(Cl)cc2)c1. The molecule has 3 aromatic rings. The average Bonchev–Trinajstić information content (AvgIpc) is 2.64. The number of nitrogens with zero attached hydrogens (tertiary/aromatic N) is 3. The van der Waals surface area contributed by atoms with Crippen molar-refractivity contribution in [3.8, 4) is 5.75 Å². The van der Waals surface area contributed by atoms with E-state index in [-0.39, 0.29) is 0 Å². The monoisotopic (exact) mass is 369 g/mol. The van der Waals surface area contributed by atoms with Crippen molar-refractivity contribution < 1.29 is 4.74 Å². The van der Waals surface area contributed by atoms with Crippen LogP contribution in [0.2, 0.25) is 5.02 Å². The van der Waals surface area contributed by atoms with Crippen LogP contribution in [0.5, 0.6) is 5.75 Å². The number of hydrazone groups is 1. The summed E-state index contributed by atoms with van der Waals surface area (Å²) in [6.07, 6.45) is 1.61. The second-order valence-corrected chi connectivity index (χ2v) is 5.87. The third-order valence-corrected chi connectivity index (χ3v) is 3.69. The van der Waals surface area contributed by atoms with Gasteiger partial charge in [-0.25, -0.2) is 9.89 Å². The molecular formula is C18H16ClN5O2. The molecule has 0 aliphatic rings. The highest BCUT2D eigenvalue weighted by Gasteiger charge is 2.01. The van der Waals surface area contributed by atoms with Crippen molar-refractivity contribution in [1.29, 1.82) is 0 Å². The van der Waals surface area contributed by atoms with Crippen molar-refractivity contribution in [2.24, 2.45) is 5.10 Å². The van der Waals surface area contributed by atoms with Gasteiger partial charge in [0.2, 0.25) is 0 Å². The first-order chi connectivity index (χ1) is 12.6. The first-order valence-corrected chi connectivity index (χ1v) is 8.18. The van der Waals surface area contributed by atoms with Crippen molar-refractivity contribution in [3.05, 3.63) is 80.9 Å². The highest BCUT2D eigenvalue weighted by atomic mass is 35.5. The summed E-state index contributed by atoms with van der Waals surface area (Å²) in [5.41, 5.74) is 4.58. The Kier molecular flexibility index (Phi) is 5.60. The third-order valence-electron chi connectivity index (χ3n) is 3.44. The van der Waals surface area contributed by atoms with Gasteiger partial charge in [0.1, 0.15) is 18.1 Å². The van der Waals surface area contributed by atoms with Crippen LogP contribution < -0.4 is 15.9 Å². The Hall–Kier alpha value is -3.19. The zero-order valence-corrected chi connectivity index (χ0v) is 14.7. The van der Waals surface area contributed by atoms with Gasteiger partial charge >= 0.3 is 5.69 Å². The first kappa shape index (κ1) is 17.6. The number of benzene rings is 2. The molecule has 0 fully saturated rings. The van der Waals surface area contributed by atoms with E-state index >= 15 is 0 Å². The van der Waals surface area contributed by atoms with Gasteiger partial charge in [0, 0.05) is 5.02 Å². The van der Waals surface area contributed by atoms with Crippen molar-refractivity contribution in [2.45, 2.75) is 13.5 Å². The van der Waals surface area contributed by atoms with Crippen LogP contribution in [0.1, 0.15) is 16.8 Å². The number of aryl methyl sites for hydroxylation is 1. The molecule has 3 rings (SSSR count). The van der Waals surface area contributed by atoms with Gasteiger partial charge in [0.15, 0.2) is 5.82 Å². The van der Waals surface area contributed by atoms with Gasteiger partial charge < -0.3 is 4.74 Å². The standard InChI is InChI=1S/C18H16ClN5O2/c1-12-17(21-18(25)24-22-12)23-20-10-14-3-2-4-16(9-14)26-11-13-5-7-15(19)8-6-13/h2-10H,11H2,1H3,(H2,21,23,24,25)/b20-10-. The number of ether oxygens (including phenoxy) is 1. The molecule has 0 aliphatic heterocycles. The highest BCUT2D eigenvalue weighted by molar-refractivity contribution is 6.30. The Morgan fingerprint density at radius 3 is 2.88 bits per heavy atom. The summed E-state index contributed by atoms with van der Waals surface area (Å²) < 4.78 is 5.78. The second-order valence-electron chi connectivity index (χ2n) is 5.43. The first-order valence-electron chi connectivity index (χ1n) is 7.80. The molecule has 0 bridgehead atoms. The zero-order valence-electron chi connectivity index (χ0n) is 13.9. The Balaban J connectivity index is 1.62. The minimum Gasteiger partial charge on any atom is -0.489 e. The van der Waals surface area contributed by atoms with Crippen molar-refractivity contribution in [2.75, 3.05) is 5.43 Å². The lowest BCUT2D eigenvalue weighted by Crippen LogP contribution is -2.15. The quantitative estimate of drug-likeness (QED) is 0.514. The molecule has 2 N–H and O–H groups in total. The van der Waals surface area contributed by atoms with Crippen molar-refractivity contribution >= 4 is 23.6 Å². The number of H-pyrrole nitrogens is 1. The molecule has 0 saturated carbocycles. The number of hydrogen-bond acceptors (Lipinski definition) is 6. The summed E-state index contributed by atoms with van der Waals surface area (Å²) in [6, 6.07) is 15.0. The fourth-order valence-electron chi connectivity index (χ4n) is 2.10. The topological polar surface area (TPSA) is 92.3 Å². The van der Waals surface area contributed by atoms with Crippen molar-refractivity contribution in [1.82, 2.24) is 15.2 Å². The molecule has 0 amide bonds. The van der Waals surface area contributed by atoms with Gasteiger partial charge in [-0.2, -0.15) is 15.2 Å². The van der Waals surface area contributed by atoms with Gasteiger partial charge in [-0.1, -0.05) is 35.9 Å². The molecule has 26 heavy (non-hydrogen) atoms. The summed E-state index contributed by atoms with van der Waals surface area (Å²) >= 11 is 5.87. The summed E-state index contributed by atoms with van der Waals surface area (Å²) in [4.78, 5) is 14.9. The molecule has 0 atom stereocenters. The van der Waals surface area contributed by atoms with E-state index in [1.54, 1.807) is 13.1 Å². The lowest BCUT2D eigenvalue weighted by Gasteiger charge is -2.07. The Morgan fingerprint density at radius 2 is 2.08 bits per heavy atom. The van der Waals surface area contributed by atoms with Crippen LogP contribution in [0.25, 0.3) is 0 Å². The predicted octanol–water partition coefficient (Wildman–Crippen LogP) is 3.15. The molecule has 2 aromatic carbocycles. The van der Waals surface area contributed by atoms with Crippen molar-refractivity contribution in [3.63, 3.8) is 0 Å². The van der Waals surface area contributed by atoms with Gasteiger partial charge in [-0.3, -0.25) is 5.43 Å². The minimum atomic E-state index is -0.536. The summed E-state index contributed by atoms with van der Waals surface area (Å²) in [5, 5.41) is 10.8. The van der Waals surface area contributed by atoms with E-state index in [0.29, 0.717) is 23.1 Å². The van der Waals surface area contributed by atoms with E-state index in [1.807, 2.05) is 48.5 Å². The Labute approximate surface area is 154 Å². The number of aromatic amines is 1. The fourth-order valence-corrected chi connectivity index (χ4v) is 2.22. The van der Waals surface area contributed by atoms with E-state index in [4.69, 9.17) is 16.3 Å². The number of halogens is 1. The van der Waals surface area contributed by atoms with E-state index < -0.39 is 5.69 Å². The van der Waals surface area contributed by atoms with E-state index in [0.717, 1.165) is 16.9 Å². The molecule has 7 nitrogen and oxygen atoms in total. The van der Waals surface area contributed by atoms with Gasteiger partial charge in [0.05, 0.1) is 6.21 Å². The van der Waals surface area contributed by atoms with Crippen LogP contribution in [0.4, 0.5) is 5.82 Å². The lowest BCUT2D eigenvalue weighted by atomic mass is 10.2. The molecule has 1 aromatic heterocycles. The molecule has 0 unspecified atom stereocenters.